The summed E-state index contributed by atoms with van der Waals surface area (Å²) in [6.45, 7) is 9.07. The number of Topliss-reactive ketones (excluding diaryl/α,β-unsaturated/α-hetero) is 1. The molecular formula is C18H29NO2. The van der Waals surface area contributed by atoms with E-state index >= 15 is 0 Å². The number of ketones is 1. The van der Waals surface area contributed by atoms with Gasteiger partial charge >= 0.3 is 0 Å². The molecule has 1 aromatic rings. The molecule has 3 nitrogen and oxygen atoms in total. The van der Waals surface area contributed by atoms with Crippen LogP contribution < -0.4 is 10.5 Å². The fraction of sp³-hybridized carbons (Fsp3) is 0.611. The second kappa shape index (κ2) is 8.18. The zero-order valence-electron chi connectivity index (χ0n) is 14.0. The van der Waals surface area contributed by atoms with Crippen LogP contribution in [0.2, 0.25) is 0 Å². The van der Waals surface area contributed by atoms with Crippen molar-refractivity contribution in [2.45, 2.75) is 47.0 Å². The standard InChI is InChI=1S/C18H29NO2/c1-12(2)15(8-9-19)6-7-16(20)18-14(4)10-13(3)11-17(18)21-5/h10-12,15H,6-9,19H2,1-5H3. The topological polar surface area (TPSA) is 52.3 Å². The number of aryl methyl sites for hydroxylation is 2. The molecule has 0 saturated heterocycles. The Kier molecular flexibility index (Phi) is 6.90. The molecule has 0 amide bonds. The molecule has 0 fully saturated rings. The lowest BCUT2D eigenvalue weighted by Gasteiger charge is -2.20. The third-order valence-electron chi connectivity index (χ3n) is 4.16. The number of hydrogen-bond acceptors (Lipinski definition) is 3. The zero-order valence-corrected chi connectivity index (χ0v) is 14.0. The predicted octanol–water partition coefficient (Wildman–Crippen LogP) is 3.90. The van der Waals surface area contributed by atoms with Crippen molar-refractivity contribution in [2.75, 3.05) is 13.7 Å². The third-order valence-corrected chi connectivity index (χ3v) is 4.16. The second-order valence-electron chi connectivity index (χ2n) is 6.20. The van der Waals surface area contributed by atoms with E-state index in [9.17, 15) is 4.79 Å². The lowest BCUT2D eigenvalue weighted by molar-refractivity contribution is 0.0965. The van der Waals surface area contributed by atoms with Crippen molar-refractivity contribution in [2.24, 2.45) is 17.6 Å². The Morgan fingerprint density at radius 2 is 1.90 bits per heavy atom. The monoisotopic (exact) mass is 291 g/mol. The molecule has 0 spiro atoms. The number of hydrogen-bond donors (Lipinski definition) is 1. The second-order valence-corrected chi connectivity index (χ2v) is 6.20. The van der Waals surface area contributed by atoms with Crippen molar-refractivity contribution in [3.63, 3.8) is 0 Å². The average Bonchev–Trinajstić information content (AvgIpc) is 2.41. The fourth-order valence-corrected chi connectivity index (χ4v) is 2.91. The Morgan fingerprint density at radius 3 is 2.43 bits per heavy atom. The molecule has 1 aromatic carbocycles. The van der Waals surface area contributed by atoms with Gasteiger partial charge in [-0.3, -0.25) is 4.79 Å². The minimum atomic E-state index is 0.173. The zero-order chi connectivity index (χ0) is 16.0. The van der Waals surface area contributed by atoms with Crippen molar-refractivity contribution in [1.82, 2.24) is 0 Å². The molecule has 3 heteroatoms. The van der Waals surface area contributed by atoms with Gasteiger partial charge in [0.1, 0.15) is 5.75 Å². The fourth-order valence-electron chi connectivity index (χ4n) is 2.91. The Hall–Kier alpha value is -1.35. The average molecular weight is 291 g/mol. The lowest BCUT2D eigenvalue weighted by Crippen LogP contribution is -2.16. The smallest absolute Gasteiger partial charge is 0.166 e. The molecule has 0 saturated carbocycles. The van der Waals surface area contributed by atoms with E-state index in [1.807, 2.05) is 26.0 Å². The number of carbonyl (C=O) groups excluding carboxylic acids is 1. The van der Waals surface area contributed by atoms with Crippen LogP contribution in [0.1, 0.15) is 54.6 Å². The highest BCUT2D eigenvalue weighted by Crippen LogP contribution is 2.28. The van der Waals surface area contributed by atoms with E-state index in [0.717, 1.165) is 29.5 Å². The van der Waals surface area contributed by atoms with Gasteiger partial charge in [0.15, 0.2) is 5.78 Å². The largest absolute Gasteiger partial charge is 0.496 e. The van der Waals surface area contributed by atoms with E-state index in [2.05, 4.69) is 13.8 Å². The van der Waals surface area contributed by atoms with Crippen LogP contribution in [0.5, 0.6) is 5.75 Å². The van der Waals surface area contributed by atoms with Gasteiger partial charge in [0.05, 0.1) is 12.7 Å². The normalized spacial score (nSPS) is 12.5. The molecule has 0 aliphatic heterocycles. The van der Waals surface area contributed by atoms with Crippen LogP contribution >= 0.6 is 0 Å². The number of methoxy groups -OCH3 is 1. The molecule has 1 unspecified atom stereocenters. The van der Waals surface area contributed by atoms with Gasteiger partial charge in [0, 0.05) is 6.42 Å². The van der Waals surface area contributed by atoms with Crippen molar-refractivity contribution < 1.29 is 9.53 Å². The van der Waals surface area contributed by atoms with Crippen LogP contribution in [0.3, 0.4) is 0 Å². The minimum absolute atomic E-state index is 0.173. The molecule has 0 aromatic heterocycles. The number of benzene rings is 1. The van der Waals surface area contributed by atoms with Crippen LogP contribution in [0, 0.1) is 25.7 Å². The van der Waals surface area contributed by atoms with Crippen LogP contribution in [-0.2, 0) is 0 Å². The van der Waals surface area contributed by atoms with Crippen LogP contribution in [-0.4, -0.2) is 19.4 Å². The summed E-state index contributed by atoms with van der Waals surface area (Å²) in [6.07, 6.45) is 2.43. The van der Waals surface area contributed by atoms with E-state index in [1.54, 1.807) is 7.11 Å². The van der Waals surface area contributed by atoms with Crippen molar-refractivity contribution in [3.05, 3.63) is 28.8 Å². The highest BCUT2D eigenvalue weighted by atomic mass is 16.5. The van der Waals surface area contributed by atoms with Crippen molar-refractivity contribution in [1.29, 1.82) is 0 Å². The van der Waals surface area contributed by atoms with E-state index in [-0.39, 0.29) is 5.78 Å². The van der Waals surface area contributed by atoms with E-state index in [1.165, 1.54) is 0 Å². The van der Waals surface area contributed by atoms with Crippen LogP contribution in [0.15, 0.2) is 12.1 Å². The number of rotatable bonds is 8. The Morgan fingerprint density at radius 1 is 1.24 bits per heavy atom. The molecule has 0 aliphatic rings. The maximum atomic E-state index is 12.6. The maximum absolute atomic E-state index is 12.6. The summed E-state index contributed by atoms with van der Waals surface area (Å²) < 4.78 is 5.39. The van der Waals surface area contributed by atoms with Gasteiger partial charge in [-0.1, -0.05) is 19.9 Å². The van der Waals surface area contributed by atoms with Gasteiger partial charge in [-0.25, -0.2) is 0 Å². The first-order valence-electron chi connectivity index (χ1n) is 7.79. The molecule has 2 N–H and O–H groups in total. The molecular weight excluding hydrogens is 262 g/mol. The highest BCUT2D eigenvalue weighted by Gasteiger charge is 2.19. The predicted molar refractivity (Wildman–Crippen MR) is 88.0 cm³/mol. The lowest BCUT2D eigenvalue weighted by atomic mass is 9.86. The molecule has 0 heterocycles. The highest BCUT2D eigenvalue weighted by molar-refractivity contribution is 6.00. The van der Waals surface area contributed by atoms with Crippen LogP contribution in [0.25, 0.3) is 0 Å². The van der Waals surface area contributed by atoms with Gasteiger partial charge in [-0.05, 0) is 62.3 Å². The summed E-state index contributed by atoms with van der Waals surface area (Å²) in [7, 11) is 1.62. The first-order valence-corrected chi connectivity index (χ1v) is 7.79. The van der Waals surface area contributed by atoms with Gasteiger partial charge in [-0.15, -0.1) is 0 Å². The van der Waals surface area contributed by atoms with E-state index in [4.69, 9.17) is 10.5 Å². The van der Waals surface area contributed by atoms with Gasteiger partial charge < -0.3 is 10.5 Å². The number of nitrogens with two attached hydrogens (primary N) is 1. The van der Waals surface area contributed by atoms with Crippen molar-refractivity contribution >= 4 is 5.78 Å². The number of carbonyl (C=O) groups is 1. The molecule has 0 aliphatic carbocycles. The molecule has 1 atom stereocenters. The summed E-state index contributed by atoms with van der Waals surface area (Å²) in [5.74, 6) is 1.93. The Bertz CT molecular complexity index is 480. The summed E-state index contributed by atoms with van der Waals surface area (Å²) in [4.78, 5) is 12.6. The van der Waals surface area contributed by atoms with Gasteiger partial charge in [0.2, 0.25) is 0 Å². The third kappa shape index (κ3) is 4.85. The Labute approximate surface area is 128 Å². The molecule has 0 bridgehead atoms. The molecule has 118 valence electrons. The Balaban J connectivity index is 2.85. The summed E-state index contributed by atoms with van der Waals surface area (Å²) in [6, 6.07) is 3.97. The molecule has 1 rings (SSSR count). The number of ether oxygens (including phenoxy) is 1. The van der Waals surface area contributed by atoms with Crippen LogP contribution in [0.4, 0.5) is 0 Å². The molecule has 0 radical (unpaired) electrons. The van der Waals surface area contributed by atoms with Gasteiger partial charge in [-0.2, -0.15) is 0 Å². The summed E-state index contributed by atoms with van der Waals surface area (Å²) in [5.41, 5.74) is 8.51. The maximum Gasteiger partial charge on any atom is 0.166 e. The quantitative estimate of drug-likeness (QED) is 0.739. The van der Waals surface area contributed by atoms with Gasteiger partial charge in [0.25, 0.3) is 0 Å². The minimum Gasteiger partial charge on any atom is -0.496 e. The van der Waals surface area contributed by atoms with Crippen molar-refractivity contribution in [3.8, 4) is 5.75 Å². The molecule has 21 heavy (non-hydrogen) atoms. The van der Waals surface area contributed by atoms with E-state index < -0.39 is 0 Å². The summed E-state index contributed by atoms with van der Waals surface area (Å²) >= 11 is 0. The SMILES string of the molecule is COc1cc(C)cc(C)c1C(=O)CCC(CCN)C(C)C. The first kappa shape index (κ1) is 17.7. The van der Waals surface area contributed by atoms with E-state index in [0.29, 0.717) is 30.6 Å². The summed E-state index contributed by atoms with van der Waals surface area (Å²) in [5, 5.41) is 0. The first-order chi connectivity index (χ1) is 9.90.